The Bertz CT molecular complexity index is 1110. The highest BCUT2D eigenvalue weighted by molar-refractivity contribution is 7.98. The molecule has 5 nitrogen and oxygen atoms in total. The second kappa shape index (κ2) is 9.07. The van der Waals surface area contributed by atoms with E-state index in [9.17, 15) is 4.79 Å². The minimum atomic E-state index is -0.401. The van der Waals surface area contributed by atoms with Crippen molar-refractivity contribution in [2.24, 2.45) is 0 Å². The SMILES string of the molecule is Cc1nc(CSc2ccccc2C(=O)OCc2ncc(-c3ccccc3)o2)cs1. The molecule has 0 spiro atoms. The molecule has 0 amide bonds. The van der Waals surface area contributed by atoms with Gasteiger partial charge < -0.3 is 9.15 Å². The molecule has 4 rings (SSSR count). The van der Waals surface area contributed by atoms with Crippen molar-refractivity contribution in [3.05, 3.63) is 88.3 Å². The van der Waals surface area contributed by atoms with E-state index in [2.05, 4.69) is 9.97 Å². The lowest BCUT2D eigenvalue weighted by Gasteiger charge is -2.08. The molecule has 0 saturated carbocycles. The third-order valence-electron chi connectivity index (χ3n) is 4.09. The summed E-state index contributed by atoms with van der Waals surface area (Å²) < 4.78 is 11.1. The number of hydrogen-bond acceptors (Lipinski definition) is 7. The maximum absolute atomic E-state index is 12.6. The van der Waals surface area contributed by atoms with Crippen molar-refractivity contribution < 1.29 is 13.9 Å². The number of thioether (sulfide) groups is 1. The Labute approximate surface area is 176 Å². The molecule has 0 aliphatic heterocycles. The molecule has 0 radical (unpaired) electrons. The van der Waals surface area contributed by atoms with Gasteiger partial charge in [-0.1, -0.05) is 42.5 Å². The van der Waals surface area contributed by atoms with Crippen LogP contribution in [-0.4, -0.2) is 15.9 Å². The normalized spacial score (nSPS) is 10.8. The Hall–Kier alpha value is -2.90. The number of hydrogen-bond donors (Lipinski definition) is 0. The van der Waals surface area contributed by atoms with E-state index >= 15 is 0 Å². The summed E-state index contributed by atoms with van der Waals surface area (Å²) in [5.74, 6) is 1.31. The number of aromatic nitrogens is 2. The van der Waals surface area contributed by atoms with Gasteiger partial charge in [0.15, 0.2) is 12.4 Å². The van der Waals surface area contributed by atoms with Crippen molar-refractivity contribution >= 4 is 29.1 Å². The zero-order valence-corrected chi connectivity index (χ0v) is 17.3. The summed E-state index contributed by atoms with van der Waals surface area (Å²) in [5.41, 5.74) is 2.46. The molecule has 2 heterocycles. The number of ether oxygens (including phenoxy) is 1. The molecular weight excluding hydrogens is 404 g/mol. The van der Waals surface area contributed by atoms with Crippen LogP contribution in [0.3, 0.4) is 0 Å². The topological polar surface area (TPSA) is 65.2 Å². The second-order valence-electron chi connectivity index (χ2n) is 6.20. The molecule has 0 fully saturated rings. The number of rotatable bonds is 7. The zero-order valence-electron chi connectivity index (χ0n) is 15.7. The van der Waals surface area contributed by atoms with Gasteiger partial charge in [0.25, 0.3) is 0 Å². The Morgan fingerprint density at radius 2 is 1.93 bits per heavy atom. The molecule has 2 aromatic carbocycles. The van der Waals surface area contributed by atoms with Crippen LogP contribution in [0.25, 0.3) is 11.3 Å². The van der Waals surface area contributed by atoms with Gasteiger partial charge in [-0.2, -0.15) is 0 Å². The number of oxazole rings is 1. The molecule has 0 unspecified atom stereocenters. The van der Waals surface area contributed by atoms with E-state index in [1.54, 1.807) is 35.4 Å². The van der Waals surface area contributed by atoms with Crippen molar-refractivity contribution in [3.63, 3.8) is 0 Å². The van der Waals surface area contributed by atoms with Crippen LogP contribution in [0, 0.1) is 6.92 Å². The lowest BCUT2D eigenvalue weighted by atomic mass is 10.2. The van der Waals surface area contributed by atoms with Crippen LogP contribution >= 0.6 is 23.1 Å². The number of carbonyl (C=O) groups excluding carboxylic acids is 1. The molecule has 0 N–H and O–H groups in total. The molecule has 0 saturated heterocycles. The smallest absolute Gasteiger partial charge is 0.339 e. The minimum absolute atomic E-state index is 0.0179. The molecule has 2 aromatic heterocycles. The first-order valence-corrected chi connectivity index (χ1v) is 10.9. The zero-order chi connectivity index (χ0) is 20.1. The number of benzene rings is 2. The largest absolute Gasteiger partial charge is 0.452 e. The first-order valence-electron chi connectivity index (χ1n) is 8.99. The lowest BCUT2D eigenvalue weighted by Crippen LogP contribution is -2.06. The summed E-state index contributed by atoms with van der Waals surface area (Å²) in [6.07, 6.45) is 1.64. The Kier molecular flexibility index (Phi) is 6.07. The predicted octanol–water partition coefficient (Wildman–Crippen LogP) is 5.76. The van der Waals surface area contributed by atoms with Crippen LogP contribution in [0.2, 0.25) is 0 Å². The molecule has 0 aliphatic rings. The van der Waals surface area contributed by atoms with Gasteiger partial charge in [0.1, 0.15) is 0 Å². The minimum Gasteiger partial charge on any atom is -0.452 e. The highest BCUT2D eigenvalue weighted by Crippen LogP contribution is 2.28. The number of esters is 1. The third kappa shape index (κ3) is 4.93. The summed E-state index contributed by atoms with van der Waals surface area (Å²) in [5, 5.41) is 3.07. The van der Waals surface area contributed by atoms with Crippen molar-refractivity contribution in [2.45, 2.75) is 24.2 Å². The van der Waals surface area contributed by atoms with Crippen molar-refractivity contribution in [2.75, 3.05) is 0 Å². The first-order chi connectivity index (χ1) is 14.2. The van der Waals surface area contributed by atoms with Gasteiger partial charge in [-0.25, -0.2) is 14.8 Å². The van der Waals surface area contributed by atoms with E-state index < -0.39 is 5.97 Å². The summed E-state index contributed by atoms with van der Waals surface area (Å²) in [6.45, 7) is 1.96. The van der Waals surface area contributed by atoms with Crippen molar-refractivity contribution in [3.8, 4) is 11.3 Å². The van der Waals surface area contributed by atoms with Gasteiger partial charge in [0, 0.05) is 21.6 Å². The average Bonchev–Trinajstić information content (AvgIpc) is 3.40. The molecule has 146 valence electrons. The third-order valence-corrected chi connectivity index (χ3v) is 6.02. The maximum Gasteiger partial charge on any atom is 0.339 e. The highest BCUT2D eigenvalue weighted by Gasteiger charge is 2.15. The summed E-state index contributed by atoms with van der Waals surface area (Å²) in [6, 6.07) is 17.1. The van der Waals surface area contributed by atoms with Crippen molar-refractivity contribution in [1.29, 1.82) is 0 Å². The number of thiazole rings is 1. The second-order valence-corrected chi connectivity index (χ2v) is 8.28. The van der Waals surface area contributed by atoms with E-state index in [0.29, 0.717) is 23.0 Å². The van der Waals surface area contributed by atoms with E-state index in [0.717, 1.165) is 21.2 Å². The molecule has 29 heavy (non-hydrogen) atoms. The van der Waals surface area contributed by atoms with Gasteiger partial charge >= 0.3 is 5.97 Å². The Morgan fingerprint density at radius 3 is 2.72 bits per heavy atom. The molecule has 4 aromatic rings. The summed E-state index contributed by atoms with van der Waals surface area (Å²) in [4.78, 5) is 22.1. The van der Waals surface area contributed by atoms with Gasteiger partial charge in [0.05, 0.1) is 22.5 Å². The number of carbonyl (C=O) groups is 1. The monoisotopic (exact) mass is 422 g/mol. The Balaban J connectivity index is 1.39. The lowest BCUT2D eigenvalue weighted by molar-refractivity contribution is 0.0435. The van der Waals surface area contributed by atoms with Crippen molar-refractivity contribution in [1.82, 2.24) is 9.97 Å². The standard InChI is InChI=1S/C22H18N2O3S2/c1-15-24-17(13-28-15)14-29-20-10-6-5-9-18(20)22(25)26-12-21-23-11-19(27-21)16-7-3-2-4-8-16/h2-11,13H,12,14H2,1H3. The highest BCUT2D eigenvalue weighted by atomic mass is 32.2. The summed E-state index contributed by atoms with van der Waals surface area (Å²) in [7, 11) is 0. The van der Waals surface area contributed by atoms with E-state index in [1.165, 1.54) is 0 Å². The fourth-order valence-electron chi connectivity index (χ4n) is 2.71. The Morgan fingerprint density at radius 1 is 1.14 bits per heavy atom. The number of nitrogens with zero attached hydrogens (tertiary/aromatic N) is 2. The van der Waals surface area contributed by atoms with Crippen LogP contribution in [0.15, 0.2) is 75.5 Å². The van der Waals surface area contributed by atoms with Crippen LogP contribution in [0.5, 0.6) is 0 Å². The van der Waals surface area contributed by atoms with Gasteiger partial charge in [-0.15, -0.1) is 23.1 Å². The van der Waals surface area contributed by atoms with Crippen LogP contribution in [0.4, 0.5) is 0 Å². The fourth-order valence-corrected chi connectivity index (χ4v) is 4.36. The van der Waals surface area contributed by atoms with Crippen LogP contribution in [-0.2, 0) is 17.1 Å². The van der Waals surface area contributed by atoms with E-state index in [4.69, 9.17) is 9.15 Å². The van der Waals surface area contributed by atoms with Gasteiger partial charge in [-0.05, 0) is 19.1 Å². The van der Waals surface area contributed by atoms with E-state index in [-0.39, 0.29) is 6.61 Å². The first kappa shape index (κ1) is 19.4. The fraction of sp³-hybridized carbons (Fsp3) is 0.136. The molecule has 0 atom stereocenters. The molecule has 0 bridgehead atoms. The summed E-state index contributed by atoms with van der Waals surface area (Å²) >= 11 is 3.19. The van der Waals surface area contributed by atoms with Gasteiger partial charge in [-0.3, -0.25) is 0 Å². The quantitative estimate of drug-likeness (QED) is 0.279. The average molecular weight is 423 g/mol. The maximum atomic E-state index is 12.6. The molecular formula is C22H18N2O3S2. The molecule has 0 aliphatic carbocycles. The number of aryl methyl sites for hydroxylation is 1. The van der Waals surface area contributed by atoms with Gasteiger partial charge in [0.2, 0.25) is 5.89 Å². The molecule has 7 heteroatoms. The predicted molar refractivity (Wildman–Crippen MR) is 114 cm³/mol. The van der Waals surface area contributed by atoms with Crippen LogP contribution < -0.4 is 0 Å². The van der Waals surface area contributed by atoms with Crippen LogP contribution in [0.1, 0.15) is 27.0 Å². The van der Waals surface area contributed by atoms with E-state index in [1.807, 2.05) is 60.8 Å².